The van der Waals surface area contributed by atoms with Crippen molar-refractivity contribution in [3.8, 4) is 0 Å². The highest BCUT2D eigenvalue weighted by atomic mass is 16.4. The molecule has 0 aromatic heterocycles. The molecule has 0 aromatic rings. The van der Waals surface area contributed by atoms with Crippen LogP contribution in [0.2, 0.25) is 0 Å². The predicted molar refractivity (Wildman–Crippen MR) is 43.3 cm³/mol. The quantitative estimate of drug-likeness (QED) is 0.593. The smallest absolute Gasteiger partial charge is 0.372 e. The zero-order valence-electron chi connectivity index (χ0n) is 7.32. The second-order valence-electron chi connectivity index (χ2n) is 2.97. The van der Waals surface area contributed by atoms with Crippen LogP contribution in [0.1, 0.15) is 26.2 Å². The fraction of sp³-hybridized carbons (Fsp3) is 0.625. The molecule has 0 radical (unpaired) electrons. The Balaban J connectivity index is 3.70. The molecule has 0 heterocycles. The van der Waals surface area contributed by atoms with Gasteiger partial charge in [0.15, 0.2) is 0 Å². The minimum atomic E-state index is -1.46. The molecule has 13 heavy (non-hydrogen) atoms. The summed E-state index contributed by atoms with van der Waals surface area (Å²) in [5.41, 5.74) is 0. The van der Waals surface area contributed by atoms with E-state index in [9.17, 15) is 14.4 Å². The largest absolute Gasteiger partial charge is 0.481 e. The van der Waals surface area contributed by atoms with Crippen molar-refractivity contribution in [2.24, 2.45) is 5.92 Å². The van der Waals surface area contributed by atoms with Crippen LogP contribution in [0.25, 0.3) is 0 Å². The highest BCUT2D eigenvalue weighted by Crippen LogP contribution is 2.10. The molecule has 0 spiro atoms. The van der Waals surface area contributed by atoms with Crippen LogP contribution in [0.4, 0.5) is 0 Å². The van der Waals surface area contributed by atoms with Gasteiger partial charge in [0.25, 0.3) is 0 Å². The Hall–Kier alpha value is -1.39. The van der Waals surface area contributed by atoms with Crippen molar-refractivity contribution >= 4 is 17.7 Å². The molecule has 0 aliphatic rings. The molecule has 0 saturated carbocycles. The predicted octanol–water partition coefficient (Wildman–Crippen LogP) is 0.531. The van der Waals surface area contributed by atoms with Gasteiger partial charge in [0, 0.05) is 12.8 Å². The van der Waals surface area contributed by atoms with E-state index in [1.54, 1.807) is 6.92 Å². The lowest BCUT2D eigenvalue weighted by molar-refractivity contribution is -0.149. The molecule has 0 rings (SSSR count). The second-order valence-corrected chi connectivity index (χ2v) is 2.97. The van der Waals surface area contributed by atoms with Crippen LogP contribution in [0.15, 0.2) is 0 Å². The number of carboxylic acids is 2. The number of hydrogen-bond donors (Lipinski definition) is 2. The molecular formula is C8H12O5. The van der Waals surface area contributed by atoms with E-state index in [2.05, 4.69) is 0 Å². The first-order valence-electron chi connectivity index (χ1n) is 3.91. The van der Waals surface area contributed by atoms with Gasteiger partial charge in [-0.05, 0) is 12.3 Å². The normalized spacial score (nSPS) is 12.1. The summed E-state index contributed by atoms with van der Waals surface area (Å²) in [5, 5.41) is 16.6. The van der Waals surface area contributed by atoms with Gasteiger partial charge in [0.1, 0.15) is 0 Å². The summed E-state index contributed by atoms with van der Waals surface area (Å²) in [5.74, 6) is -3.42. The molecule has 0 bridgehead atoms. The summed E-state index contributed by atoms with van der Waals surface area (Å²) in [6.07, 6.45) is 0.175. The van der Waals surface area contributed by atoms with Gasteiger partial charge in [0.2, 0.25) is 5.78 Å². The molecule has 0 fully saturated rings. The molecule has 5 nitrogen and oxygen atoms in total. The maximum atomic E-state index is 10.6. The van der Waals surface area contributed by atoms with Crippen molar-refractivity contribution in [3.63, 3.8) is 0 Å². The third-order valence-corrected chi connectivity index (χ3v) is 1.63. The molecule has 2 N–H and O–H groups in total. The fourth-order valence-electron chi connectivity index (χ4n) is 0.885. The van der Waals surface area contributed by atoms with Gasteiger partial charge in [-0.2, -0.15) is 0 Å². The van der Waals surface area contributed by atoms with Crippen molar-refractivity contribution < 1.29 is 24.6 Å². The first-order valence-corrected chi connectivity index (χ1v) is 3.91. The molecule has 0 aliphatic carbocycles. The SMILES string of the molecule is CC(CCC(=O)C(=O)O)CC(=O)O. The van der Waals surface area contributed by atoms with E-state index >= 15 is 0 Å². The maximum absolute atomic E-state index is 10.6. The Labute approximate surface area is 75.4 Å². The van der Waals surface area contributed by atoms with E-state index in [4.69, 9.17) is 10.2 Å². The third kappa shape index (κ3) is 5.84. The van der Waals surface area contributed by atoms with Gasteiger partial charge in [-0.15, -0.1) is 0 Å². The molecule has 1 atom stereocenters. The summed E-state index contributed by atoms with van der Waals surface area (Å²) in [6.45, 7) is 1.67. The number of carbonyl (C=O) groups excluding carboxylic acids is 1. The van der Waals surface area contributed by atoms with Gasteiger partial charge in [-0.3, -0.25) is 9.59 Å². The second kappa shape index (κ2) is 5.29. The average Bonchev–Trinajstić information content (AvgIpc) is 1.98. The van der Waals surface area contributed by atoms with Crippen LogP contribution in [-0.2, 0) is 14.4 Å². The topological polar surface area (TPSA) is 91.7 Å². The summed E-state index contributed by atoms with van der Waals surface area (Å²) in [4.78, 5) is 30.8. The summed E-state index contributed by atoms with van der Waals surface area (Å²) in [6, 6.07) is 0. The van der Waals surface area contributed by atoms with Crippen LogP contribution in [-0.4, -0.2) is 27.9 Å². The first-order chi connectivity index (χ1) is 5.93. The van der Waals surface area contributed by atoms with E-state index in [0.717, 1.165) is 0 Å². The van der Waals surface area contributed by atoms with Crippen LogP contribution < -0.4 is 0 Å². The molecule has 1 unspecified atom stereocenters. The molecular weight excluding hydrogens is 176 g/mol. The average molecular weight is 188 g/mol. The van der Waals surface area contributed by atoms with E-state index in [0.29, 0.717) is 6.42 Å². The summed E-state index contributed by atoms with van der Waals surface area (Å²) < 4.78 is 0. The number of carboxylic acid groups (broad SMARTS) is 2. The third-order valence-electron chi connectivity index (χ3n) is 1.63. The first kappa shape index (κ1) is 11.6. The Kier molecular flexibility index (Phi) is 4.72. The number of hydrogen-bond acceptors (Lipinski definition) is 3. The number of Topliss-reactive ketones (excluding diaryl/α,β-unsaturated/α-hetero) is 1. The lowest BCUT2D eigenvalue weighted by Crippen LogP contribution is -2.14. The number of ketones is 1. The zero-order valence-corrected chi connectivity index (χ0v) is 7.32. The molecule has 74 valence electrons. The van der Waals surface area contributed by atoms with Crippen molar-refractivity contribution in [3.05, 3.63) is 0 Å². The van der Waals surface area contributed by atoms with Crippen LogP contribution >= 0.6 is 0 Å². The van der Waals surface area contributed by atoms with Gasteiger partial charge in [0.05, 0.1) is 0 Å². The van der Waals surface area contributed by atoms with E-state index in [-0.39, 0.29) is 18.8 Å². The Morgan fingerprint density at radius 2 is 1.77 bits per heavy atom. The maximum Gasteiger partial charge on any atom is 0.372 e. The van der Waals surface area contributed by atoms with Crippen molar-refractivity contribution in [1.29, 1.82) is 0 Å². The van der Waals surface area contributed by atoms with Gasteiger partial charge in [-0.1, -0.05) is 6.92 Å². The van der Waals surface area contributed by atoms with Crippen molar-refractivity contribution in [2.75, 3.05) is 0 Å². The lowest BCUT2D eigenvalue weighted by Gasteiger charge is -2.05. The Bertz CT molecular complexity index is 221. The van der Waals surface area contributed by atoms with Gasteiger partial charge < -0.3 is 10.2 Å². The van der Waals surface area contributed by atoms with E-state index in [1.807, 2.05) is 0 Å². The van der Waals surface area contributed by atoms with E-state index < -0.39 is 17.7 Å². The number of rotatable bonds is 6. The summed E-state index contributed by atoms with van der Waals surface area (Å²) in [7, 11) is 0. The van der Waals surface area contributed by atoms with Crippen LogP contribution in [0.5, 0.6) is 0 Å². The minimum Gasteiger partial charge on any atom is -0.481 e. The molecule has 0 aliphatic heterocycles. The number of carbonyl (C=O) groups is 3. The van der Waals surface area contributed by atoms with Crippen molar-refractivity contribution in [2.45, 2.75) is 26.2 Å². The highest BCUT2D eigenvalue weighted by Gasteiger charge is 2.14. The van der Waals surface area contributed by atoms with Crippen LogP contribution in [0, 0.1) is 5.92 Å². The minimum absolute atomic E-state index is 0.0348. The van der Waals surface area contributed by atoms with Gasteiger partial charge in [-0.25, -0.2) is 4.79 Å². The molecule has 0 saturated heterocycles. The monoisotopic (exact) mass is 188 g/mol. The Morgan fingerprint density at radius 3 is 2.15 bits per heavy atom. The lowest BCUT2D eigenvalue weighted by atomic mass is 10.0. The standard InChI is InChI=1S/C8H12O5/c1-5(4-7(10)11)2-3-6(9)8(12)13/h5H,2-4H2,1H3,(H,10,11)(H,12,13). The molecule has 0 aromatic carbocycles. The van der Waals surface area contributed by atoms with Crippen LogP contribution in [0.3, 0.4) is 0 Å². The van der Waals surface area contributed by atoms with E-state index in [1.165, 1.54) is 0 Å². The fourth-order valence-corrected chi connectivity index (χ4v) is 0.885. The Morgan fingerprint density at radius 1 is 1.23 bits per heavy atom. The number of aliphatic carboxylic acids is 2. The van der Waals surface area contributed by atoms with Crippen molar-refractivity contribution in [1.82, 2.24) is 0 Å². The summed E-state index contributed by atoms with van der Waals surface area (Å²) >= 11 is 0. The zero-order chi connectivity index (χ0) is 10.4. The van der Waals surface area contributed by atoms with Gasteiger partial charge >= 0.3 is 11.9 Å². The molecule has 5 heteroatoms. The highest BCUT2D eigenvalue weighted by molar-refractivity contribution is 6.32. The molecule has 0 amide bonds.